The topological polar surface area (TPSA) is 76.2 Å². The summed E-state index contributed by atoms with van der Waals surface area (Å²) in [5.41, 5.74) is 6.02. The van der Waals surface area contributed by atoms with Crippen molar-refractivity contribution in [3.8, 4) is 11.8 Å². The largest absolute Gasteiger partial charge is 0.478 e. The molecule has 3 N–H and O–H groups in total. The van der Waals surface area contributed by atoms with Crippen LogP contribution in [0.3, 0.4) is 0 Å². The number of hydrogen-bond donors (Lipinski definition) is 2. The lowest BCUT2D eigenvalue weighted by Crippen LogP contribution is -2.01. The molecule has 1 aromatic rings. The summed E-state index contributed by atoms with van der Waals surface area (Å²) in [6.07, 6.45) is 1.72. The van der Waals surface area contributed by atoms with Gasteiger partial charge in [0.05, 0.1) is 11.1 Å². The zero-order chi connectivity index (χ0) is 11.3. The number of anilines is 1. The van der Waals surface area contributed by atoms with E-state index in [1.807, 2.05) is 0 Å². The second kappa shape index (κ2) is 5.23. The number of aromatic nitrogens is 1. The Bertz CT molecular complexity index is 435. The van der Waals surface area contributed by atoms with Crippen molar-refractivity contribution in [2.75, 3.05) is 11.6 Å². The Hall–Kier alpha value is -1.73. The van der Waals surface area contributed by atoms with E-state index in [-0.39, 0.29) is 11.4 Å². The summed E-state index contributed by atoms with van der Waals surface area (Å²) in [4.78, 5) is 14.4. The maximum atomic E-state index is 10.6. The minimum Gasteiger partial charge on any atom is -0.478 e. The predicted molar refractivity (Wildman–Crippen MR) is 57.8 cm³/mol. The van der Waals surface area contributed by atoms with Crippen LogP contribution in [0.2, 0.25) is 0 Å². The highest BCUT2D eigenvalue weighted by Crippen LogP contribution is 2.09. The zero-order valence-electron chi connectivity index (χ0n) is 7.83. The van der Waals surface area contributed by atoms with Gasteiger partial charge in [-0.15, -0.1) is 11.6 Å². The molecule has 0 aliphatic rings. The van der Waals surface area contributed by atoms with Crippen LogP contribution in [0, 0.1) is 11.8 Å². The van der Waals surface area contributed by atoms with Crippen molar-refractivity contribution < 1.29 is 9.90 Å². The standard InChI is InChI=1S/C10H9ClN2O2/c11-4-2-1-3-7-5-8(10(14)15)6-13-9(7)12/h5-6H,2,4H2,(H2,12,13)(H,14,15). The molecule has 0 fully saturated rings. The summed E-state index contributed by atoms with van der Waals surface area (Å²) in [7, 11) is 0. The Kier molecular flexibility index (Phi) is 3.95. The molecule has 0 spiro atoms. The first-order valence-corrected chi connectivity index (χ1v) is 4.72. The van der Waals surface area contributed by atoms with Crippen LogP contribution in [0.5, 0.6) is 0 Å². The summed E-state index contributed by atoms with van der Waals surface area (Å²) >= 11 is 5.45. The monoisotopic (exact) mass is 224 g/mol. The fourth-order valence-electron chi connectivity index (χ4n) is 0.897. The van der Waals surface area contributed by atoms with Crippen molar-refractivity contribution in [3.05, 3.63) is 23.4 Å². The minimum atomic E-state index is -1.05. The van der Waals surface area contributed by atoms with Gasteiger partial charge in [0, 0.05) is 18.5 Å². The Morgan fingerprint density at radius 3 is 3.00 bits per heavy atom. The van der Waals surface area contributed by atoms with Crippen molar-refractivity contribution in [1.29, 1.82) is 0 Å². The van der Waals surface area contributed by atoms with Gasteiger partial charge < -0.3 is 10.8 Å². The highest BCUT2D eigenvalue weighted by atomic mass is 35.5. The lowest BCUT2D eigenvalue weighted by Gasteiger charge is -1.98. The van der Waals surface area contributed by atoms with E-state index in [0.717, 1.165) is 0 Å². The van der Waals surface area contributed by atoms with Gasteiger partial charge in [-0.3, -0.25) is 0 Å². The number of carboxylic acids is 1. The predicted octanol–water partition coefficient (Wildman–Crippen LogP) is 1.34. The summed E-state index contributed by atoms with van der Waals surface area (Å²) in [6.45, 7) is 0. The van der Waals surface area contributed by atoms with Crippen LogP contribution in [-0.4, -0.2) is 21.9 Å². The number of pyridine rings is 1. The van der Waals surface area contributed by atoms with Gasteiger partial charge >= 0.3 is 5.97 Å². The molecule has 1 heterocycles. The number of hydrogen-bond acceptors (Lipinski definition) is 3. The molecule has 0 saturated heterocycles. The number of carbonyl (C=O) groups is 1. The van der Waals surface area contributed by atoms with Gasteiger partial charge in [0.2, 0.25) is 0 Å². The molecule has 4 nitrogen and oxygen atoms in total. The molecule has 0 radical (unpaired) electrons. The van der Waals surface area contributed by atoms with Crippen molar-refractivity contribution >= 4 is 23.4 Å². The van der Waals surface area contributed by atoms with Gasteiger partial charge in [0.15, 0.2) is 0 Å². The zero-order valence-corrected chi connectivity index (χ0v) is 8.58. The van der Waals surface area contributed by atoms with E-state index < -0.39 is 5.97 Å². The third-order valence-electron chi connectivity index (χ3n) is 1.61. The second-order valence-corrected chi connectivity index (χ2v) is 3.08. The number of nitrogens with two attached hydrogens (primary N) is 1. The third-order valence-corrected chi connectivity index (χ3v) is 1.80. The molecule has 0 amide bonds. The van der Waals surface area contributed by atoms with Gasteiger partial charge in [-0.1, -0.05) is 11.8 Å². The average molecular weight is 225 g/mol. The van der Waals surface area contributed by atoms with Crippen molar-refractivity contribution in [2.24, 2.45) is 0 Å². The summed E-state index contributed by atoms with van der Waals surface area (Å²) in [6, 6.07) is 1.39. The lowest BCUT2D eigenvalue weighted by molar-refractivity contribution is 0.0696. The molecule has 5 heteroatoms. The van der Waals surface area contributed by atoms with Crippen LogP contribution >= 0.6 is 11.6 Å². The fourth-order valence-corrected chi connectivity index (χ4v) is 0.992. The molecule has 78 valence electrons. The van der Waals surface area contributed by atoms with Crippen LogP contribution in [0.1, 0.15) is 22.3 Å². The minimum absolute atomic E-state index is 0.0689. The normalized spacial score (nSPS) is 9.13. The molecule has 1 rings (SSSR count). The van der Waals surface area contributed by atoms with Crippen LogP contribution in [0.15, 0.2) is 12.3 Å². The quantitative estimate of drug-likeness (QED) is 0.587. The van der Waals surface area contributed by atoms with Gasteiger partial charge in [-0.25, -0.2) is 9.78 Å². The van der Waals surface area contributed by atoms with Gasteiger partial charge in [0.1, 0.15) is 5.82 Å². The molecular formula is C10H9ClN2O2. The first-order chi connectivity index (χ1) is 7.15. The Labute approximate surface area is 92.1 Å². The summed E-state index contributed by atoms with van der Waals surface area (Å²) in [5.74, 6) is 5.09. The Balaban J connectivity index is 3.02. The number of halogens is 1. The highest BCUT2D eigenvalue weighted by Gasteiger charge is 2.05. The molecule has 15 heavy (non-hydrogen) atoms. The molecule has 1 aromatic heterocycles. The number of carboxylic acid groups (broad SMARTS) is 1. The number of rotatable bonds is 2. The molecule has 0 saturated carbocycles. The molecule has 0 aliphatic carbocycles. The average Bonchev–Trinajstić information content (AvgIpc) is 2.20. The van der Waals surface area contributed by atoms with Crippen molar-refractivity contribution in [1.82, 2.24) is 4.98 Å². The van der Waals surface area contributed by atoms with E-state index in [0.29, 0.717) is 17.9 Å². The smallest absolute Gasteiger partial charge is 0.337 e. The Morgan fingerprint density at radius 1 is 1.67 bits per heavy atom. The maximum absolute atomic E-state index is 10.6. The number of nitrogens with zero attached hydrogens (tertiary/aromatic N) is 1. The van der Waals surface area contributed by atoms with E-state index in [2.05, 4.69) is 16.8 Å². The number of alkyl halides is 1. The Morgan fingerprint density at radius 2 is 2.40 bits per heavy atom. The molecular weight excluding hydrogens is 216 g/mol. The van der Waals surface area contributed by atoms with E-state index >= 15 is 0 Å². The molecule has 0 atom stereocenters. The first kappa shape index (κ1) is 11.3. The van der Waals surface area contributed by atoms with Crippen LogP contribution in [-0.2, 0) is 0 Å². The second-order valence-electron chi connectivity index (χ2n) is 2.70. The summed E-state index contributed by atoms with van der Waals surface area (Å²) < 4.78 is 0. The number of nitrogen functional groups attached to an aromatic ring is 1. The van der Waals surface area contributed by atoms with Gasteiger partial charge in [-0.2, -0.15) is 0 Å². The van der Waals surface area contributed by atoms with Crippen molar-refractivity contribution in [2.45, 2.75) is 6.42 Å². The third kappa shape index (κ3) is 3.15. The van der Waals surface area contributed by atoms with Crippen LogP contribution < -0.4 is 5.73 Å². The first-order valence-electron chi connectivity index (χ1n) is 4.19. The highest BCUT2D eigenvalue weighted by molar-refractivity contribution is 6.18. The SMILES string of the molecule is Nc1ncc(C(=O)O)cc1C#CCCCl. The van der Waals surface area contributed by atoms with Gasteiger partial charge in [-0.05, 0) is 6.07 Å². The molecule has 0 aromatic carbocycles. The van der Waals surface area contributed by atoms with E-state index in [1.54, 1.807) is 0 Å². The van der Waals surface area contributed by atoms with Crippen LogP contribution in [0.4, 0.5) is 5.82 Å². The maximum Gasteiger partial charge on any atom is 0.337 e. The molecule has 0 aliphatic heterocycles. The van der Waals surface area contributed by atoms with Crippen LogP contribution in [0.25, 0.3) is 0 Å². The summed E-state index contributed by atoms with van der Waals surface area (Å²) in [5, 5.41) is 8.72. The van der Waals surface area contributed by atoms with Crippen molar-refractivity contribution in [3.63, 3.8) is 0 Å². The molecule has 0 unspecified atom stereocenters. The molecule has 0 bridgehead atoms. The van der Waals surface area contributed by atoms with E-state index in [9.17, 15) is 4.79 Å². The van der Waals surface area contributed by atoms with E-state index in [1.165, 1.54) is 12.3 Å². The van der Waals surface area contributed by atoms with E-state index in [4.69, 9.17) is 22.4 Å². The number of aromatic carboxylic acids is 1. The van der Waals surface area contributed by atoms with Gasteiger partial charge in [0.25, 0.3) is 0 Å². The fraction of sp³-hybridized carbons (Fsp3) is 0.200. The lowest BCUT2D eigenvalue weighted by atomic mass is 10.2.